The van der Waals surface area contributed by atoms with Gasteiger partial charge in [0.2, 0.25) is 0 Å². The van der Waals surface area contributed by atoms with Gasteiger partial charge in [-0.2, -0.15) is 0 Å². The largest absolute Gasteiger partial charge is 0.480 e. The van der Waals surface area contributed by atoms with Crippen molar-refractivity contribution in [2.75, 3.05) is 0 Å². The SMILES string of the molecule is CCCCc1ncc(CN[C@@H](Cc2ccccc2)C(=O)O)n1Cc1cccc(Cl)c1Cl. The molecule has 3 rings (SSSR count). The van der Waals surface area contributed by atoms with Crippen molar-refractivity contribution in [1.29, 1.82) is 0 Å². The molecule has 1 aromatic heterocycles. The van der Waals surface area contributed by atoms with Gasteiger partial charge in [0.05, 0.1) is 22.3 Å². The number of hydrogen-bond donors (Lipinski definition) is 2. The topological polar surface area (TPSA) is 67.2 Å². The number of nitrogens with zero attached hydrogens (tertiary/aromatic N) is 2. The first kappa shape index (κ1) is 23.3. The summed E-state index contributed by atoms with van der Waals surface area (Å²) < 4.78 is 2.11. The van der Waals surface area contributed by atoms with Gasteiger partial charge in [-0.25, -0.2) is 4.98 Å². The van der Waals surface area contributed by atoms with Gasteiger partial charge in [-0.15, -0.1) is 0 Å². The van der Waals surface area contributed by atoms with Crippen molar-refractivity contribution in [3.8, 4) is 0 Å². The van der Waals surface area contributed by atoms with Gasteiger partial charge in [-0.3, -0.25) is 10.1 Å². The van der Waals surface area contributed by atoms with Gasteiger partial charge in [0, 0.05) is 19.2 Å². The number of unbranched alkanes of at least 4 members (excludes halogenated alkanes) is 1. The molecule has 0 fully saturated rings. The van der Waals surface area contributed by atoms with E-state index in [-0.39, 0.29) is 0 Å². The molecule has 0 spiro atoms. The van der Waals surface area contributed by atoms with Crippen LogP contribution in [0.2, 0.25) is 10.0 Å². The Morgan fingerprint density at radius 2 is 1.94 bits per heavy atom. The minimum atomic E-state index is -0.876. The van der Waals surface area contributed by atoms with Crippen molar-refractivity contribution in [3.05, 3.63) is 87.4 Å². The molecule has 164 valence electrons. The summed E-state index contributed by atoms with van der Waals surface area (Å²) in [5.74, 6) is 0.0867. The van der Waals surface area contributed by atoms with E-state index in [2.05, 4.69) is 21.8 Å². The minimum Gasteiger partial charge on any atom is -0.480 e. The molecule has 0 aliphatic rings. The molecule has 0 unspecified atom stereocenters. The number of aliphatic carboxylic acids is 1. The predicted molar refractivity (Wildman–Crippen MR) is 125 cm³/mol. The van der Waals surface area contributed by atoms with Gasteiger partial charge in [-0.1, -0.05) is 79.0 Å². The van der Waals surface area contributed by atoms with Crippen molar-refractivity contribution in [2.24, 2.45) is 0 Å². The van der Waals surface area contributed by atoms with Crippen molar-refractivity contribution >= 4 is 29.2 Å². The van der Waals surface area contributed by atoms with Crippen LogP contribution in [0.4, 0.5) is 0 Å². The van der Waals surface area contributed by atoms with E-state index < -0.39 is 12.0 Å². The normalized spacial score (nSPS) is 12.1. The number of carboxylic acids is 1. The quantitative estimate of drug-likeness (QED) is 0.404. The van der Waals surface area contributed by atoms with Crippen LogP contribution in [0.25, 0.3) is 0 Å². The Labute approximate surface area is 193 Å². The predicted octanol–water partition coefficient (Wildman–Crippen LogP) is 5.37. The lowest BCUT2D eigenvalue weighted by Gasteiger charge is -2.17. The van der Waals surface area contributed by atoms with Gasteiger partial charge < -0.3 is 9.67 Å². The number of aryl methyl sites for hydroxylation is 1. The molecule has 0 bridgehead atoms. The number of hydrogen-bond acceptors (Lipinski definition) is 3. The molecular weight excluding hydrogens is 433 g/mol. The monoisotopic (exact) mass is 459 g/mol. The van der Waals surface area contributed by atoms with E-state index >= 15 is 0 Å². The van der Waals surface area contributed by atoms with E-state index in [1.807, 2.05) is 48.7 Å². The maximum absolute atomic E-state index is 11.8. The van der Waals surface area contributed by atoms with E-state index in [1.54, 1.807) is 6.07 Å². The minimum absolute atomic E-state index is 0.390. The Hall–Kier alpha value is -2.34. The molecule has 1 heterocycles. The van der Waals surface area contributed by atoms with Crippen LogP contribution in [-0.2, 0) is 30.7 Å². The van der Waals surface area contributed by atoms with Crippen LogP contribution < -0.4 is 5.32 Å². The second-order valence-electron chi connectivity index (χ2n) is 7.53. The highest BCUT2D eigenvalue weighted by atomic mass is 35.5. The molecule has 0 radical (unpaired) electrons. The summed E-state index contributed by atoms with van der Waals surface area (Å²) in [4.78, 5) is 16.4. The molecule has 0 aliphatic heterocycles. The van der Waals surface area contributed by atoms with Crippen LogP contribution >= 0.6 is 23.2 Å². The third-order valence-electron chi connectivity index (χ3n) is 5.25. The maximum Gasteiger partial charge on any atom is 0.321 e. The number of aromatic nitrogens is 2. The summed E-state index contributed by atoms with van der Waals surface area (Å²) in [5.41, 5.74) is 2.80. The Morgan fingerprint density at radius 1 is 1.16 bits per heavy atom. The standard InChI is InChI=1S/C24H27Cl2N3O2/c1-2-3-12-22-28-15-19(29(22)16-18-10-7-11-20(25)23(18)26)14-27-21(24(30)31)13-17-8-5-4-6-9-17/h4-11,15,21,27H,2-3,12-14,16H2,1H3,(H,30,31)/t21-/m0/s1. The summed E-state index contributed by atoms with van der Waals surface area (Å²) in [6.07, 6.45) is 5.17. The summed E-state index contributed by atoms with van der Waals surface area (Å²) in [6.45, 7) is 3.07. The van der Waals surface area contributed by atoms with Crippen molar-refractivity contribution in [3.63, 3.8) is 0 Å². The Kier molecular flexibility index (Phi) is 8.52. The summed E-state index contributed by atoms with van der Waals surface area (Å²) in [5, 5.41) is 13.9. The number of imidazole rings is 1. The first-order valence-electron chi connectivity index (χ1n) is 10.5. The molecule has 5 nitrogen and oxygen atoms in total. The van der Waals surface area contributed by atoms with E-state index in [1.165, 1.54) is 0 Å². The molecule has 2 aromatic carbocycles. The Balaban J connectivity index is 1.80. The molecule has 31 heavy (non-hydrogen) atoms. The van der Waals surface area contributed by atoms with Crippen LogP contribution in [0, 0.1) is 0 Å². The maximum atomic E-state index is 11.8. The van der Waals surface area contributed by atoms with Gasteiger partial charge in [0.1, 0.15) is 11.9 Å². The van der Waals surface area contributed by atoms with E-state index in [0.717, 1.165) is 41.9 Å². The number of halogens is 2. The third kappa shape index (κ3) is 6.33. The fourth-order valence-corrected chi connectivity index (χ4v) is 3.87. The lowest BCUT2D eigenvalue weighted by Crippen LogP contribution is -2.38. The van der Waals surface area contributed by atoms with E-state index in [9.17, 15) is 9.90 Å². The second kappa shape index (κ2) is 11.3. The first-order chi connectivity index (χ1) is 15.0. The van der Waals surface area contributed by atoms with Crippen molar-refractivity contribution in [1.82, 2.24) is 14.9 Å². The smallest absolute Gasteiger partial charge is 0.321 e. The van der Waals surface area contributed by atoms with Crippen LogP contribution in [0.5, 0.6) is 0 Å². The van der Waals surface area contributed by atoms with E-state index in [0.29, 0.717) is 29.6 Å². The zero-order valence-electron chi connectivity index (χ0n) is 17.5. The molecule has 2 N–H and O–H groups in total. The average Bonchev–Trinajstić information content (AvgIpc) is 3.14. The van der Waals surface area contributed by atoms with Gasteiger partial charge in [-0.05, 0) is 30.0 Å². The fourth-order valence-electron chi connectivity index (χ4n) is 3.49. The zero-order chi connectivity index (χ0) is 22.2. The summed E-state index contributed by atoms with van der Waals surface area (Å²) >= 11 is 12.6. The second-order valence-corrected chi connectivity index (χ2v) is 8.32. The lowest BCUT2D eigenvalue weighted by atomic mass is 10.1. The molecule has 7 heteroatoms. The number of benzene rings is 2. The summed E-state index contributed by atoms with van der Waals surface area (Å²) in [6, 6.07) is 14.5. The van der Waals surface area contributed by atoms with E-state index in [4.69, 9.17) is 23.2 Å². The molecule has 1 atom stereocenters. The highest BCUT2D eigenvalue weighted by Crippen LogP contribution is 2.27. The average molecular weight is 460 g/mol. The third-order valence-corrected chi connectivity index (χ3v) is 6.10. The fraction of sp³-hybridized carbons (Fsp3) is 0.333. The van der Waals surface area contributed by atoms with Gasteiger partial charge in [0.25, 0.3) is 0 Å². The molecule has 3 aromatic rings. The Morgan fingerprint density at radius 3 is 2.65 bits per heavy atom. The van der Waals surface area contributed by atoms with Gasteiger partial charge >= 0.3 is 5.97 Å². The zero-order valence-corrected chi connectivity index (χ0v) is 19.0. The first-order valence-corrected chi connectivity index (χ1v) is 11.2. The van der Waals surface area contributed by atoms with Crippen molar-refractivity contribution < 1.29 is 9.90 Å². The Bertz CT molecular complexity index is 1010. The molecule has 0 amide bonds. The number of nitrogens with one attached hydrogen (secondary N) is 1. The molecule has 0 aliphatic carbocycles. The lowest BCUT2D eigenvalue weighted by molar-refractivity contribution is -0.139. The van der Waals surface area contributed by atoms with Crippen LogP contribution in [0.1, 0.15) is 42.4 Å². The molecule has 0 saturated carbocycles. The summed E-state index contributed by atoms with van der Waals surface area (Å²) in [7, 11) is 0. The van der Waals surface area contributed by atoms with Crippen LogP contribution in [-0.4, -0.2) is 26.7 Å². The number of carboxylic acid groups (broad SMARTS) is 1. The van der Waals surface area contributed by atoms with Crippen LogP contribution in [0.3, 0.4) is 0 Å². The number of rotatable bonds is 11. The highest BCUT2D eigenvalue weighted by Gasteiger charge is 2.19. The molecular formula is C24H27Cl2N3O2. The van der Waals surface area contributed by atoms with Crippen molar-refractivity contribution in [2.45, 2.75) is 51.7 Å². The number of carbonyl (C=O) groups is 1. The highest BCUT2D eigenvalue weighted by molar-refractivity contribution is 6.42. The van der Waals surface area contributed by atoms with Crippen LogP contribution in [0.15, 0.2) is 54.7 Å². The molecule has 0 saturated heterocycles. The van der Waals surface area contributed by atoms with Gasteiger partial charge in [0.15, 0.2) is 0 Å².